The first-order valence-electron chi connectivity index (χ1n) is 8.72. The number of nitrogens with one attached hydrogen (secondary N) is 1. The number of benzene rings is 1. The lowest BCUT2D eigenvalue weighted by Gasteiger charge is -2.17. The summed E-state index contributed by atoms with van der Waals surface area (Å²) in [5, 5.41) is 7.02. The van der Waals surface area contributed by atoms with Crippen molar-refractivity contribution in [3.05, 3.63) is 47.8 Å². The lowest BCUT2D eigenvalue weighted by atomic mass is 10.2. The van der Waals surface area contributed by atoms with Crippen LogP contribution in [0.1, 0.15) is 25.0 Å². The molecule has 26 heavy (non-hydrogen) atoms. The van der Waals surface area contributed by atoms with Gasteiger partial charge in [0.1, 0.15) is 0 Å². The first kappa shape index (κ1) is 19.9. The molecule has 0 aliphatic carbocycles. The molecule has 0 saturated carbocycles. The van der Waals surface area contributed by atoms with Crippen molar-refractivity contribution in [2.75, 3.05) is 25.6 Å². The maximum Gasteiger partial charge on any atom is 0.321 e. The minimum Gasteiger partial charge on any atom is -0.376 e. The SMILES string of the molecule is CC(C)OCCOCc1cccc(NC(=O)N(C)Cc2cnn(C)c2)c1. The Morgan fingerprint density at radius 1 is 1.31 bits per heavy atom. The topological polar surface area (TPSA) is 68.6 Å². The summed E-state index contributed by atoms with van der Waals surface area (Å²) in [4.78, 5) is 14.0. The van der Waals surface area contributed by atoms with Crippen molar-refractivity contribution < 1.29 is 14.3 Å². The number of hydrogen-bond donors (Lipinski definition) is 1. The number of ether oxygens (including phenoxy) is 2. The van der Waals surface area contributed by atoms with Crippen LogP contribution in [-0.4, -0.2) is 47.1 Å². The number of amides is 2. The molecule has 1 heterocycles. The van der Waals surface area contributed by atoms with Crippen molar-refractivity contribution in [1.82, 2.24) is 14.7 Å². The summed E-state index contributed by atoms with van der Waals surface area (Å²) in [6.07, 6.45) is 3.86. The molecule has 142 valence electrons. The Morgan fingerprint density at radius 3 is 2.81 bits per heavy atom. The monoisotopic (exact) mass is 360 g/mol. The molecule has 1 N–H and O–H groups in total. The molecule has 0 radical (unpaired) electrons. The van der Waals surface area contributed by atoms with Crippen LogP contribution in [0.2, 0.25) is 0 Å². The molecule has 2 aromatic rings. The quantitative estimate of drug-likeness (QED) is 0.698. The Balaban J connectivity index is 1.80. The predicted molar refractivity (Wildman–Crippen MR) is 101 cm³/mol. The highest BCUT2D eigenvalue weighted by atomic mass is 16.5. The van der Waals surface area contributed by atoms with Crippen molar-refractivity contribution >= 4 is 11.7 Å². The van der Waals surface area contributed by atoms with Gasteiger partial charge in [0.2, 0.25) is 0 Å². The Kier molecular flexibility index (Phi) is 7.62. The molecule has 0 aliphatic heterocycles. The van der Waals surface area contributed by atoms with E-state index in [2.05, 4.69) is 10.4 Å². The standard InChI is InChI=1S/C19H28N4O3/c1-15(2)26-9-8-25-14-16-6-5-7-18(10-16)21-19(24)22(3)12-17-11-20-23(4)13-17/h5-7,10-11,13,15H,8-9,12,14H2,1-4H3,(H,21,24). The summed E-state index contributed by atoms with van der Waals surface area (Å²) >= 11 is 0. The van der Waals surface area contributed by atoms with E-state index in [-0.39, 0.29) is 12.1 Å². The molecule has 7 heteroatoms. The number of aromatic nitrogens is 2. The maximum absolute atomic E-state index is 12.3. The summed E-state index contributed by atoms with van der Waals surface area (Å²) in [5.74, 6) is 0. The van der Waals surface area contributed by atoms with Gasteiger partial charge in [0.15, 0.2) is 0 Å². The molecule has 1 aromatic heterocycles. The van der Waals surface area contributed by atoms with Gasteiger partial charge in [0, 0.05) is 31.5 Å². The van der Waals surface area contributed by atoms with Crippen LogP contribution in [0, 0.1) is 0 Å². The number of rotatable bonds is 9. The van der Waals surface area contributed by atoms with Gasteiger partial charge in [0.05, 0.1) is 38.7 Å². The van der Waals surface area contributed by atoms with E-state index >= 15 is 0 Å². The van der Waals surface area contributed by atoms with E-state index in [0.717, 1.165) is 16.8 Å². The highest BCUT2D eigenvalue weighted by Crippen LogP contribution is 2.13. The molecular formula is C19H28N4O3. The Labute approximate surface area is 154 Å². The van der Waals surface area contributed by atoms with Gasteiger partial charge in [-0.05, 0) is 31.5 Å². The van der Waals surface area contributed by atoms with Crippen LogP contribution < -0.4 is 5.32 Å². The molecule has 0 fully saturated rings. The molecule has 0 spiro atoms. The van der Waals surface area contributed by atoms with Crippen LogP contribution in [0.4, 0.5) is 10.5 Å². The van der Waals surface area contributed by atoms with Crippen molar-refractivity contribution in [3.63, 3.8) is 0 Å². The van der Waals surface area contributed by atoms with Gasteiger partial charge in [0.25, 0.3) is 0 Å². The van der Waals surface area contributed by atoms with E-state index in [4.69, 9.17) is 9.47 Å². The molecule has 7 nitrogen and oxygen atoms in total. The molecular weight excluding hydrogens is 332 g/mol. The van der Waals surface area contributed by atoms with Crippen molar-refractivity contribution in [1.29, 1.82) is 0 Å². The first-order chi connectivity index (χ1) is 12.4. The summed E-state index contributed by atoms with van der Waals surface area (Å²) in [5.41, 5.74) is 2.73. The molecule has 2 rings (SSSR count). The predicted octanol–water partition coefficient (Wildman–Crippen LogP) is 3.03. The Morgan fingerprint density at radius 2 is 2.12 bits per heavy atom. The maximum atomic E-state index is 12.3. The lowest BCUT2D eigenvalue weighted by molar-refractivity contribution is 0.0143. The van der Waals surface area contributed by atoms with Crippen molar-refractivity contribution in [3.8, 4) is 0 Å². The number of anilines is 1. The van der Waals surface area contributed by atoms with Crippen LogP contribution in [0.5, 0.6) is 0 Å². The molecule has 0 atom stereocenters. The van der Waals surface area contributed by atoms with E-state index in [1.54, 1.807) is 22.8 Å². The molecule has 0 bridgehead atoms. The zero-order valence-electron chi connectivity index (χ0n) is 15.9. The average Bonchev–Trinajstić information content (AvgIpc) is 2.99. The van der Waals surface area contributed by atoms with Gasteiger partial charge in [-0.15, -0.1) is 0 Å². The molecule has 1 aromatic carbocycles. The lowest BCUT2D eigenvalue weighted by Crippen LogP contribution is -2.30. The fourth-order valence-electron chi connectivity index (χ4n) is 2.39. The van der Waals surface area contributed by atoms with Crippen LogP contribution in [0.15, 0.2) is 36.7 Å². The zero-order chi connectivity index (χ0) is 18.9. The molecule has 0 saturated heterocycles. The van der Waals surface area contributed by atoms with Gasteiger partial charge in [-0.25, -0.2) is 4.79 Å². The molecule has 2 amide bonds. The zero-order valence-corrected chi connectivity index (χ0v) is 15.9. The third kappa shape index (κ3) is 6.85. The van der Waals surface area contributed by atoms with Crippen molar-refractivity contribution in [2.45, 2.75) is 33.1 Å². The summed E-state index contributed by atoms with van der Waals surface area (Å²) < 4.78 is 12.8. The Bertz CT molecular complexity index is 700. The largest absolute Gasteiger partial charge is 0.376 e. The summed E-state index contributed by atoms with van der Waals surface area (Å²) in [7, 11) is 3.61. The van der Waals surface area contributed by atoms with E-state index in [9.17, 15) is 4.79 Å². The fourth-order valence-corrected chi connectivity index (χ4v) is 2.39. The van der Waals surface area contributed by atoms with Gasteiger partial charge in [-0.2, -0.15) is 5.10 Å². The van der Waals surface area contributed by atoms with E-state index in [0.29, 0.717) is 26.4 Å². The number of nitrogens with zero attached hydrogens (tertiary/aromatic N) is 3. The number of hydrogen-bond acceptors (Lipinski definition) is 4. The minimum atomic E-state index is -0.169. The second kappa shape index (κ2) is 9.94. The Hall–Kier alpha value is -2.38. The second-order valence-electron chi connectivity index (χ2n) is 6.48. The number of carbonyl (C=O) groups is 1. The van der Waals surface area contributed by atoms with E-state index < -0.39 is 0 Å². The molecule has 0 aliphatic rings. The number of carbonyl (C=O) groups excluding carboxylic acids is 1. The minimum absolute atomic E-state index is 0.169. The number of urea groups is 1. The molecule has 0 unspecified atom stereocenters. The number of aryl methyl sites for hydroxylation is 1. The smallest absolute Gasteiger partial charge is 0.321 e. The summed E-state index contributed by atoms with van der Waals surface area (Å²) in [6.45, 7) is 6.10. The van der Waals surface area contributed by atoms with E-state index in [1.165, 1.54) is 0 Å². The first-order valence-corrected chi connectivity index (χ1v) is 8.72. The van der Waals surface area contributed by atoms with E-state index in [1.807, 2.05) is 51.4 Å². The van der Waals surface area contributed by atoms with Crippen molar-refractivity contribution in [2.24, 2.45) is 7.05 Å². The van der Waals surface area contributed by atoms with Crippen LogP contribution in [0.25, 0.3) is 0 Å². The van der Waals surface area contributed by atoms with Crippen LogP contribution >= 0.6 is 0 Å². The highest BCUT2D eigenvalue weighted by Gasteiger charge is 2.10. The highest BCUT2D eigenvalue weighted by molar-refractivity contribution is 5.89. The van der Waals surface area contributed by atoms with Gasteiger partial charge < -0.3 is 19.7 Å². The summed E-state index contributed by atoms with van der Waals surface area (Å²) in [6, 6.07) is 7.48. The van der Waals surface area contributed by atoms with Gasteiger partial charge in [-0.1, -0.05) is 12.1 Å². The third-order valence-corrected chi connectivity index (χ3v) is 3.65. The van der Waals surface area contributed by atoms with Gasteiger partial charge in [-0.3, -0.25) is 4.68 Å². The fraction of sp³-hybridized carbons (Fsp3) is 0.474. The van der Waals surface area contributed by atoms with Gasteiger partial charge >= 0.3 is 6.03 Å². The average molecular weight is 360 g/mol. The normalized spacial score (nSPS) is 11.0. The van der Waals surface area contributed by atoms with Crippen LogP contribution in [0.3, 0.4) is 0 Å². The second-order valence-corrected chi connectivity index (χ2v) is 6.48. The van der Waals surface area contributed by atoms with Crippen LogP contribution in [-0.2, 0) is 29.7 Å². The third-order valence-electron chi connectivity index (χ3n) is 3.65.